The fourth-order valence-electron chi connectivity index (χ4n) is 3.19. The van der Waals surface area contributed by atoms with Gasteiger partial charge in [-0.25, -0.2) is 0 Å². The highest BCUT2D eigenvalue weighted by molar-refractivity contribution is 5.98. The van der Waals surface area contributed by atoms with Gasteiger partial charge < -0.3 is 15.7 Å². The van der Waals surface area contributed by atoms with Crippen LogP contribution in [0.15, 0.2) is 24.3 Å². The zero-order valence-electron chi connectivity index (χ0n) is 14.6. The van der Waals surface area contributed by atoms with Gasteiger partial charge in [0, 0.05) is 17.8 Å². The van der Waals surface area contributed by atoms with Crippen LogP contribution in [0.25, 0.3) is 0 Å². The smallest absolute Gasteiger partial charge is 0.307 e. The molecule has 25 heavy (non-hydrogen) atoms. The molecule has 6 nitrogen and oxygen atoms in total. The molecule has 2 atom stereocenters. The van der Waals surface area contributed by atoms with Gasteiger partial charge in [0.05, 0.1) is 11.8 Å². The molecule has 0 bridgehead atoms. The maximum atomic E-state index is 12.5. The molecular formula is C19H26N2O4. The summed E-state index contributed by atoms with van der Waals surface area (Å²) >= 11 is 0. The number of carbonyl (C=O) groups excluding carboxylic acids is 2. The molecule has 2 amide bonds. The minimum Gasteiger partial charge on any atom is -0.481 e. The first-order valence-corrected chi connectivity index (χ1v) is 8.95. The van der Waals surface area contributed by atoms with Crippen LogP contribution in [0.3, 0.4) is 0 Å². The summed E-state index contributed by atoms with van der Waals surface area (Å²) in [6.45, 7) is 2.67. The van der Waals surface area contributed by atoms with Crippen molar-refractivity contribution < 1.29 is 19.5 Å². The van der Waals surface area contributed by atoms with Crippen LogP contribution in [0, 0.1) is 11.8 Å². The Bertz CT molecular complexity index is 630. The summed E-state index contributed by atoms with van der Waals surface area (Å²) in [5.74, 6) is -2.52. The standard InChI is InChI=1S/C19H26N2O4/c1-2-3-11-20-17(22)13-7-6-8-14(12-13)21-18(23)15-9-4-5-10-16(15)19(24)25/h6-8,12,15-16H,2-5,9-11H2,1H3,(H,20,22)(H,21,23)(H,24,25)/t15-,16+/m1/s1. The molecule has 0 aromatic heterocycles. The molecule has 2 rings (SSSR count). The number of carbonyl (C=O) groups is 3. The molecule has 6 heteroatoms. The Morgan fingerprint density at radius 1 is 1.16 bits per heavy atom. The lowest BCUT2D eigenvalue weighted by Gasteiger charge is -2.27. The number of aliphatic carboxylic acids is 1. The second-order valence-electron chi connectivity index (χ2n) is 6.52. The third kappa shape index (κ3) is 5.31. The SMILES string of the molecule is CCCCNC(=O)c1cccc(NC(=O)[C@@H]2CCCC[C@@H]2C(=O)O)c1. The van der Waals surface area contributed by atoms with Crippen LogP contribution in [0.2, 0.25) is 0 Å². The van der Waals surface area contributed by atoms with Gasteiger partial charge in [0.25, 0.3) is 5.91 Å². The normalized spacial score (nSPS) is 19.9. The summed E-state index contributed by atoms with van der Waals surface area (Å²) in [4.78, 5) is 36.0. The Labute approximate surface area is 148 Å². The first-order valence-electron chi connectivity index (χ1n) is 8.95. The molecule has 1 aromatic rings. The number of anilines is 1. The molecule has 0 aliphatic heterocycles. The third-order valence-corrected chi connectivity index (χ3v) is 4.63. The van der Waals surface area contributed by atoms with Crippen molar-refractivity contribution in [1.29, 1.82) is 0 Å². The molecule has 1 fully saturated rings. The van der Waals surface area contributed by atoms with Crippen molar-refractivity contribution in [1.82, 2.24) is 5.32 Å². The molecule has 136 valence electrons. The van der Waals surface area contributed by atoms with Crippen molar-refractivity contribution in [3.63, 3.8) is 0 Å². The molecule has 1 aliphatic rings. The van der Waals surface area contributed by atoms with E-state index in [-0.39, 0.29) is 11.8 Å². The largest absolute Gasteiger partial charge is 0.481 e. The van der Waals surface area contributed by atoms with Crippen molar-refractivity contribution in [2.75, 3.05) is 11.9 Å². The lowest BCUT2D eigenvalue weighted by Crippen LogP contribution is -2.36. The van der Waals surface area contributed by atoms with Crippen LogP contribution in [0.4, 0.5) is 5.69 Å². The highest BCUT2D eigenvalue weighted by atomic mass is 16.4. The highest BCUT2D eigenvalue weighted by Crippen LogP contribution is 2.31. The van der Waals surface area contributed by atoms with E-state index in [0.717, 1.165) is 25.7 Å². The fraction of sp³-hybridized carbons (Fsp3) is 0.526. The molecule has 0 radical (unpaired) electrons. The average molecular weight is 346 g/mol. The Kier molecular flexibility index (Phi) is 6.98. The maximum Gasteiger partial charge on any atom is 0.307 e. The molecule has 0 spiro atoms. The van der Waals surface area contributed by atoms with Gasteiger partial charge >= 0.3 is 5.97 Å². The average Bonchev–Trinajstić information content (AvgIpc) is 2.62. The van der Waals surface area contributed by atoms with Crippen LogP contribution in [-0.4, -0.2) is 29.4 Å². The molecule has 0 saturated heterocycles. The molecule has 3 N–H and O–H groups in total. The summed E-state index contributed by atoms with van der Waals surface area (Å²) in [5, 5.41) is 14.9. The number of hydrogen-bond acceptors (Lipinski definition) is 3. The molecular weight excluding hydrogens is 320 g/mol. The van der Waals surface area contributed by atoms with Crippen LogP contribution < -0.4 is 10.6 Å². The van der Waals surface area contributed by atoms with E-state index in [1.54, 1.807) is 24.3 Å². The van der Waals surface area contributed by atoms with Gasteiger partial charge in [0.1, 0.15) is 0 Å². The lowest BCUT2D eigenvalue weighted by atomic mass is 9.78. The monoisotopic (exact) mass is 346 g/mol. The van der Waals surface area contributed by atoms with E-state index in [1.807, 2.05) is 0 Å². The predicted octanol–water partition coefficient (Wildman–Crippen LogP) is 3.05. The zero-order chi connectivity index (χ0) is 18.2. The minimum absolute atomic E-state index is 0.175. The van der Waals surface area contributed by atoms with E-state index < -0.39 is 17.8 Å². The topological polar surface area (TPSA) is 95.5 Å². The lowest BCUT2D eigenvalue weighted by molar-refractivity contribution is -0.147. The van der Waals surface area contributed by atoms with E-state index in [4.69, 9.17) is 0 Å². The molecule has 1 aliphatic carbocycles. The van der Waals surface area contributed by atoms with Gasteiger partial charge in [0.15, 0.2) is 0 Å². The Morgan fingerprint density at radius 2 is 1.88 bits per heavy atom. The van der Waals surface area contributed by atoms with Gasteiger partial charge in [-0.3, -0.25) is 14.4 Å². The summed E-state index contributed by atoms with van der Waals surface area (Å²) < 4.78 is 0. The van der Waals surface area contributed by atoms with Crippen LogP contribution in [0.1, 0.15) is 55.8 Å². The van der Waals surface area contributed by atoms with Gasteiger partial charge in [-0.15, -0.1) is 0 Å². The van der Waals surface area contributed by atoms with Crippen molar-refractivity contribution in [2.24, 2.45) is 11.8 Å². The van der Waals surface area contributed by atoms with Crippen LogP contribution in [0.5, 0.6) is 0 Å². The van der Waals surface area contributed by atoms with Crippen molar-refractivity contribution in [3.8, 4) is 0 Å². The number of carboxylic acids is 1. The number of nitrogens with one attached hydrogen (secondary N) is 2. The summed E-state index contributed by atoms with van der Waals surface area (Å²) in [6.07, 6.45) is 4.74. The van der Waals surface area contributed by atoms with E-state index >= 15 is 0 Å². The molecule has 1 aromatic carbocycles. The van der Waals surface area contributed by atoms with Crippen molar-refractivity contribution in [2.45, 2.75) is 45.4 Å². The zero-order valence-corrected chi connectivity index (χ0v) is 14.6. The van der Waals surface area contributed by atoms with Gasteiger partial charge in [-0.1, -0.05) is 32.3 Å². The summed E-state index contributed by atoms with van der Waals surface area (Å²) in [6, 6.07) is 6.73. The number of amides is 2. The summed E-state index contributed by atoms with van der Waals surface area (Å²) in [5.41, 5.74) is 0.996. The first-order chi connectivity index (χ1) is 12.0. The van der Waals surface area contributed by atoms with Crippen LogP contribution >= 0.6 is 0 Å². The number of hydrogen-bond donors (Lipinski definition) is 3. The van der Waals surface area contributed by atoms with Gasteiger partial charge in [-0.2, -0.15) is 0 Å². The second-order valence-corrected chi connectivity index (χ2v) is 6.52. The fourth-order valence-corrected chi connectivity index (χ4v) is 3.19. The quantitative estimate of drug-likeness (QED) is 0.661. The predicted molar refractivity (Wildman–Crippen MR) is 95.4 cm³/mol. The molecule has 0 heterocycles. The Hall–Kier alpha value is -2.37. The van der Waals surface area contributed by atoms with E-state index in [2.05, 4.69) is 17.6 Å². The van der Waals surface area contributed by atoms with Gasteiger partial charge in [-0.05, 0) is 37.5 Å². The van der Waals surface area contributed by atoms with Crippen molar-refractivity contribution in [3.05, 3.63) is 29.8 Å². The first kappa shape index (κ1) is 19.0. The highest BCUT2D eigenvalue weighted by Gasteiger charge is 2.35. The van der Waals surface area contributed by atoms with E-state index in [0.29, 0.717) is 30.6 Å². The number of benzene rings is 1. The van der Waals surface area contributed by atoms with E-state index in [9.17, 15) is 19.5 Å². The third-order valence-electron chi connectivity index (χ3n) is 4.63. The van der Waals surface area contributed by atoms with Crippen LogP contribution in [-0.2, 0) is 9.59 Å². The second kappa shape index (κ2) is 9.20. The number of unbranched alkanes of at least 4 members (excludes halogenated alkanes) is 1. The van der Waals surface area contributed by atoms with E-state index in [1.165, 1.54) is 0 Å². The maximum absolute atomic E-state index is 12.5. The number of rotatable bonds is 7. The molecule has 0 unspecified atom stereocenters. The minimum atomic E-state index is -0.913. The Morgan fingerprint density at radius 3 is 2.56 bits per heavy atom. The Balaban J connectivity index is 2.02. The van der Waals surface area contributed by atoms with Gasteiger partial charge in [0.2, 0.25) is 5.91 Å². The summed E-state index contributed by atoms with van der Waals surface area (Å²) in [7, 11) is 0. The van der Waals surface area contributed by atoms with Crippen molar-refractivity contribution >= 4 is 23.5 Å². The molecule has 1 saturated carbocycles. The number of carboxylic acid groups (broad SMARTS) is 1.